The van der Waals surface area contributed by atoms with Gasteiger partial charge in [-0.05, 0) is 25.0 Å². The maximum atomic E-state index is 13.8. The van der Waals surface area contributed by atoms with E-state index in [2.05, 4.69) is 31.5 Å². The number of nitrogens with zero attached hydrogens (tertiary/aromatic N) is 2. The molecule has 0 aromatic heterocycles. The van der Waals surface area contributed by atoms with E-state index in [1.807, 2.05) is 18.2 Å². The zero-order chi connectivity index (χ0) is 25.3. The Labute approximate surface area is 218 Å². The Morgan fingerprint density at radius 1 is 1.14 bits per heavy atom. The van der Waals surface area contributed by atoms with E-state index in [1.54, 1.807) is 12.1 Å². The first-order chi connectivity index (χ1) is 17.5. The van der Waals surface area contributed by atoms with Gasteiger partial charge in [-0.2, -0.15) is 0 Å². The second-order valence-electron chi connectivity index (χ2n) is 9.87. The summed E-state index contributed by atoms with van der Waals surface area (Å²) in [5, 5.41) is 15.4. The van der Waals surface area contributed by atoms with Crippen molar-refractivity contribution in [2.24, 2.45) is 11.8 Å². The standard InChI is InChI=1S/C25H33BrN4O6/c26-17-15-25-19(18(20(17)36-25)22(32)28-16-5-2-1-3-6-16)24(34)30(8-4-12-31)21(25)23(33)27-7-9-29-10-13-35-14-11-29/h1-3,5-6,17-21,31H,4,7-15H2,(H,27,33)(H,28,32)/t17?,18-,19+,20-,21?,25?/m1/s1. The minimum Gasteiger partial charge on any atom is -0.396 e. The lowest BCUT2D eigenvalue weighted by Crippen LogP contribution is -2.56. The largest absolute Gasteiger partial charge is 0.396 e. The van der Waals surface area contributed by atoms with Crippen LogP contribution in [0.15, 0.2) is 30.3 Å². The number of para-hydroxylation sites is 1. The van der Waals surface area contributed by atoms with Gasteiger partial charge in [-0.3, -0.25) is 19.3 Å². The van der Waals surface area contributed by atoms with Gasteiger partial charge in [0, 0.05) is 49.8 Å². The first-order valence-electron chi connectivity index (χ1n) is 12.6. The van der Waals surface area contributed by atoms with Crippen LogP contribution in [0.2, 0.25) is 0 Å². The monoisotopic (exact) mass is 564 g/mol. The lowest BCUT2D eigenvalue weighted by Gasteiger charge is -2.34. The number of hydrogen-bond donors (Lipinski definition) is 3. The average molecular weight is 565 g/mol. The van der Waals surface area contributed by atoms with Crippen molar-refractivity contribution in [3.8, 4) is 0 Å². The number of aliphatic hydroxyl groups is 1. The number of amides is 3. The van der Waals surface area contributed by atoms with Crippen molar-refractivity contribution in [2.75, 3.05) is 57.9 Å². The topological polar surface area (TPSA) is 120 Å². The van der Waals surface area contributed by atoms with Gasteiger partial charge in [0.15, 0.2) is 0 Å². The lowest BCUT2D eigenvalue weighted by atomic mass is 9.70. The molecule has 10 nitrogen and oxygen atoms in total. The molecule has 0 aliphatic carbocycles. The number of carbonyl (C=O) groups excluding carboxylic acids is 3. The third-order valence-corrected chi connectivity index (χ3v) is 8.61. The minimum absolute atomic E-state index is 0.102. The van der Waals surface area contributed by atoms with Crippen LogP contribution in [0.4, 0.5) is 5.69 Å². The number of ether oxygens (including phenoxy) is 2. The van der Waals surface area contributed by atoms with Crippen molar-refractivity contribution in [1.82, 2.24) is 15.1 Å². The van der Waals surface area contributed by atoms with Crippen molar-refractivity contribution in [3.63, 3.8) is 0 Å². The molecule has 4 aliphatic rings. The predicted octanol–water partition coefficient (Wildman–Crippen LogP) is 0.204. The molecule has 196 valence electrons. The number of alkyl halides is 1. The predicted molar refractivity (Wildman–Crippen MR) is 134 cm³/mol. The van der Waals surface area contributed by atoms with Crippen LogP contribution in [0.1, 0.15) is 12.8 Å². The van der Waals surface area contributed by atoms with E-state index >= 15 is 0 Å². The molecule has 3 unspecified atom stereocenters. The van der Waals surface area contributed by atoms with Crippen molar-refractivity contribution >= 4 is 39.3 Å². The molecule has 4 heterocycles. The highest BCUT2D eigenvalue weighted by molar-refractivity contribution is 9.09. The summed E-state index contributed by atoms with van der Waals surface area (Å²) in [6, 6.07) is 8.25. The molecule has 2 bridgehead atoms. The Hall–Kier alpha value is -2.05. The number of halogens is 1. The number of hydrogen-bond acceptors (Lipinski definition) is 7. The molecule has 3 N–H and O–H groups in total. The number of fused-ring (bicyclic) bond motifs is 1. The van der Waals surface area contributed by atoms with Gasteiger partial charge >= 0.3 is 0 Å². The first-order valence-corrected chi connectivity index (χ1v) is 13.5. The average Bonchev–Trinajstić information content (AvgIpc) is 3.47. The van der Waals surface area contributed by atoms with E-state index in [0.29, 0.717) is 44.8 Å². The number of nitrogens with one attached hydrogen (secondary N) is 2. The van der Waals surface area contributed by atoms with Crippen LogP contribution in [-0.4, -0.2) is 108 Å². The fourth-order valence-corrected chi connectivity index (χ4v) is 7.16. The third-order valence-electron chi connectivity index (χ3n) is 7.77. The van der Waals surface area contributed by atoms with Crippen LogP contribution in [-0.2, 0) is 23.9 Å². The van der Waals surface area contributed by atoms with Crippen LogP contribution in [0.25, 0.3) is 0 Å². The summed E-state index contributed by atoms with van der Waals surface area (Å²) in [5.41, 5.74) is -0.446. The molecule has 36 heavy (non-hydrogen) atoms. The molecule has 1 spiro atoms. The van der Waals surface area contributed by atoms with Crippen LogP contribution in [0, 0.1) is 11.8 Å². The number of rotatable bonds is 9. The maximum Gasteiger partial charge on any atom is 0.245 e. The van der Waals surface area contributed by atoms with Gasteiger partial charge in [0.1, 0.15) is 11.6 Å². The Morgan fingerprint density at radius 3 is 2.61 bits per heavy atom. The van der Waals surface area contributed by atoms with E-state index in [-0.39, 0.29) is 35.7 Å². The van der Waals surface area contributed by atoms with Crippen molar-refractivity contribution < 1.29 is 29.0 Å². The number of benzene rings is 1. The molecule has 0 radical (unpaired) electrons. The van der Waals surface area contributed by atoms with Crippen LogP contribution in [0.3, 0.4) is 0 Å². The Kier molecular flexibility index (Phi) is 7.64. The lowest BCUT2D eigenvalue weighted by molar-refractivity contribution is -0.141. The van der Waals surface area contributed by atoms with Crippen LogP contribution in [0.5, 0.6) is 0 Å². The highest BCUT2D eigenvalue weighted by Crippen LogP contribution is 2.60. The van der Waals surface area contributed by atoms with Crippen LogP contribution >= 0.6 is 15.9 Å². The number of carbonyl (C=O) groups is 3. The second-order valence-corrected chi connectivity index (χ2v) is 11.0. The maximum absolute atomic E-state index is 13.8. The van der Waals surface area contributed by atoms with E-state index in [1.165, 1.54) is 4.90 Å². The van der Waals surface area contributed by atoms with Crippen molar-refractivity contribution in [1.29, 1.82) is 0 Å². The minimum atomic E-state index is -1.09. The van der Waals surface area contributed by atoms with Crippen LogP contribution < -0.4 is 10.6 Å². The molecule has 1 aromatic rings. The number of anilines is 1. The molecule has 11 heteroatoms. The normalized spacial score (nSPS) is 33.6. The van der Waals surface area contributed by atoms with Gasteiger partial charge in [0.05, 0.1) is 31.2 Å². The first kappa shape index (κ1) is 25.6. The number of likely N-dealkylation sites (tertiary alicyclic amines) is 1. The second kappa shape index (κ2) is 10.7. The van der Waals surface area contributed by atoms with E-state index in [9.17, 15) is 19.5 Å². The van der Waals surface area contributed by atoms with Gasteiger partial charge in [0.25, 0.3) is 0 Å². The summed E-state index contributed by atoms with van der Waals surface area (Å²) in [6.07, 6.45) is 0.292. The zero-order valence-corrected chi connectivity index (χ0v) is 21.7. The molecule has 0 saturated carbocycles. The molecule has 4 saturated heterocycles. The molecular formula is C25H33BrN4O6. The SMILES string of the molecule is O=C(NCCN1CCOCC1)C1N(CCCO)C(=O)[C@@H]2[C@@H](C(=O)Nc3ccccc3)[C@@H]3OC12CC3Br. The van der Waals surface area contributed by atoms with E-state index in [0.717, 1.165) is 13.1 Å². The van der Waals surface area contributed by atoms with E-state index < -0.39 is 29.6 Å². The summed E-state index contributed by atoms with van der Waals surface area (Å²) in [6.45, 7) is 4.25. The smallest absolute Gasteiger partial charge is 0.245 e. The fourth-order valence-electron chi connectivity index (χ4n) is 6.22. The van der Waals surface area contributed by atoms with Gasteiger partial charge in [-0.1, -0.05) is 34.1 Å². The molecular weight excluding hydrogens is 532 g/mol. The summed E-state index contributed by atoms with van der Waals surface area (Å²) in [4.78, 5) is 44.4. The van der Waals surface area contributed by atoms with E-state index in [4.69, 9.17) is 9.47 Å². The van der Waals surface area contributed by atoms with Gasteiger partial charge in [-0.15, -0.1) is 0 Å². The Bertz CT molecular complexity index is 977. The zero-order valence-electron chi connectivity index (χ0n) is 20.1. The molecule has 3 amide bonds. The molecule has 5 rings (SSSR count). The van der Waals surface area contributed by atoms with Gasteiger partial charge in [0.2, 0.25) is 17.7 Å². The molecule has 1 aromatic carbocycles. The number of morpholine rings is 1. The Balaban J connectivity index is 1.37. The summed E-state index contributed by atoms with van der Waals surface area (Å²) in [5.74, 6) is -2.30. The summed E-state index contributed by atoms with van der Waals surface area (Å²) < 4.78 is 11.8. The molecule has 6 atom stereocenters. The van der Waals surface area contributed by atoms with Gasteiger partial charge < -0.3 is 30.1 Å². The summed E-state index contributed by atoms with van der Waals surface area (Å²) >= 11 is 3.67. The van der Waals surface area contributed by atoms with Gasteiger partial charge in [-0.25, -0.2) is 0 Å². The quantitative estimate of drug-likeness (QED) is 0.366. The third kappa shape index (κ3) is 4.56. The fraction of sp³-hybridized carbons (Fsp3) is 0.640. The molecule has 4 aliphatic heterocycles. The highest BCUT2D eigenvalue weighted by atomic mass is 79.9. The van der Waals surface area contributed by atoms with Crippen molar-refractivity contribution in [2.45, 2.75) is 35.4 Å². The van der Waals surface area contributed by atoms with Crippen molar-refractivity contribution in [3.05, 3.63) is 30.3 Å². The highest BCUT2D eigenvalue weighted by Gasteiger charge is 2.76. The number of aliphatic hydroxyl groups excluding tert-OH is 1. The summed E-state index contributed by atoms with van der Waals surface area (Å²) in [7, 11) is 0. The molecule has 4 fully saturated rings. The Morgan fingerprint density at radius 2 is 1.89 bits per heavy atom.